The molecule has 1 aromatic carbocycles. The summed E-state index contributed by atoms with van der Waals surface area (Å²) < 4.78 is 0. The Kier molecular flexibility index (Phi) is 7.98. The molecule has 1 aliphatic rings. The standard InChI is InChI=1S/C21H21N5O2S.CH2O2/c1-14-11-22-8-7-16(14)12-23-20(28)17-10-19(27)26(13-17)21-25-24-18(29-21)9-15-5-3-2-4-6-15;2-1-3/h2-8,11,17H,9-10,12-13H2,1H3,(H,23,28);1H,(H,2,3). The number of benzene rings is 1. The molecular weight excluding hydrogens is 430 g/mol. The topological polar surface area (TPSA) is 125 Å². The molecule has 2 aromatic heterocycles. The van der Waals surface area contributed by atoms with E-state index in [1.807, 2.05) is 43.3 Å². The Morgan fingerprint density at radius 1 is 1.28 bits per heavy atom. The maximum Gasteiger partial charge on any atom is 0.290 e. The fourth-order valence-electron chi connectivity index (χ4n) is 3.29. The van der Waals surface area contributed by atoms with Crippen LogP contribution in [0.4, 0.5) is 5.13 Å². The van der Waals surface area contributed by atoms with Gasteiger partial charge in [-0.05, 0) is 29.7 Å². The number of amides is 2. The maximum absolute atomic E-state index is 12.6. The number of rotatable bonds is 6. The third kappa shape index (κ3) is 5.94. The van der Waals surface area contributed by atoms with Crippen LogP contribution in [0.1, 0.15) is 28.1 Å². The largest absolute Gasteiger partial charge is 0.483 e. The second-order valence-electron chi connectivity index (χ2n) is 7.17. The maximum atomic E-state index is 12.6. The SMILES string of the molecule is Cc1cnccc1CNC(=O)C1CC(=O)N(c2nnc(Cc3ccccc3)s2)C1.O=CO. The minimum Gasteiger partial charge on any atom is -0.483 e. The van der Waals surface area contributed by atoms with Gasteiger partial charge in [0.15, 0.2) is 0 Å². The van der Waals surface area contributed by atoms with Crippen molar-refractivity contribution >= 4 is 34.8 Å². The van der Waals surface area contributed by atoms with E-state index in [4.69, 9.17) is 9.90 Å². The molecule has 0 aliphatic carbocycles. The molecule has 1 unspecified atom stereocenters. The van der Waals surface area contributed by atoms with Crippen LogP contribution in [-0.4, -0.2) is 45.1 Å². The number of hydrogen-bond donors (Lipinski definition) is 2. The summed E-state index contributed by atoms with van der Waals surface area (Å²) in [7, 11) is 0. The van der Waals surface area contributed by atoms with E-state index >= 15 is 0 Å². The zero-order valence-corrected chi connectivity index (χ0v) is 18.3. The van der Waals surface area contributed by atoms with Gasteiger partial charge in [-0.3, -0.25) is 24.3 Å². The number of nitrogens with zero attached hydrogens (tertiary/aromatic N) is 4. The van der Waals surface area contributed by atoms with Crippen molar-refractivity contribution in [2.45, 2.75) is 26.3 Å². The smallest absolute Gasteiger partial charge is 0.290 e. The number of nitrogens with one attached hydrogen (secondary N) is 1. The van der Waals surface area contributed by atoms with Crippen molar-refractivity contribution in [3.05, 3.63) is 70.5 Å². The first kappa shape index (κ1) is 23.0. The van der Waals surface area contributed by atoms with E-state index in [1.165, 1.54) is 11.3 Å². The summed E-state index contributed by atoms with van der Waals surface area (Å²) >= 11 is 1.40. The summed E-state index contributed by atoms with van der Waals surface area (Å²) in [6, 6.07) is 11.9. The number of anilines is 1. The van der Waals surface area contributed by atoms with Gasteiger partial charge in [-0.15, -0.1) is 10.2 Å². The third-order valence-electron chi connectivity index (χ3n) is 4.97. The van der Waals surface area contributed by atoms with Gasteiger partial charge in [-0.1, -0.05) is 41.7 Å². The second kappa shape index (κ2) is 11.1. The molecule has 2 N–H and O–H groups in total. The summed E-state index contributed by atoms with van der Waals surface area (Å²) in [4.78, 5) is 39.0. The molecule has 0 saturated carbocycles. The molecule has 0 spiro atoms. The third-order valence-corrected chi connectivity index (χ3v) is 5.92. The molecule has 1 atom stereocenters. The predicted octanol–water partition coefficient (Wildman–Crippen LogP) is 2.20. The van der Waals surface area contributed by atoms with Crippen LogP contribution in [0.15, 0.2) is 48.8 Å². The number of aryl methyl sites for hydroxylation is 1. The highest BCUT2D eigenvalue weighted by molar-refractivity contribution is 7.15. The van der Waals surface area contributed by atoms with Gasteiger partial charge in [0.25, 0.3) is 6.47 Å². The molecule has 9 nitrogen and oxygen atoms in total. The minimum atomic E-state index is -0.383. The molecule has 1 fully saturated rings. The molecule has 4 rings (SSSR count). The molecule has 10 heteroatoms. The number of carbonyl (C=O) groups excluding carboxylic acids is 2. The normalized spacial score (nSPS) is 15.1. The Morgan fingerprint density at radius 2 is 2.03 bits per heavy atom. The van der Waals surface area contributed by atoms with E-state index in [9.17, 15) is 9.59 Å². The lowest BCUT2D eigenvalue weighted by atomic mass is 10.1. The molecule has 0 bridgehead atoms. The van der Waals surface area contributed by atoms with E-state index in [0.29, 0.717) is 24.6 Å². The fraction of sp³-hybridized carbons (Fsp3) is 0.273. The van der Waals surface area contributed by atoms with Crippen LogP contribution in [0.2, 0.25) is 0 Å². The highest BCUT2D eigenvalue weighted by atomic mass is 32.1. The second-order valence-corrected chi connectivity index (χ2v) is 8.21. The highest BCUT2D eigenvalue weighted by Gasteiger charge is 2.36. The van der Waals surface area contributed by atoms with Crippen LogP contribution < -0.4 is 10.2 Å². The summed E-state index contributed by atoms with van der Waals surface area (Å²) in [5.74, 6) is -0.593. The summed E-state index contributed by atoms with van der Waals surface area (Å²) in [5.41, 5.74) is 3.19. The molecule has 0 radical (unpaired) electrons. The van der Waals surface area contributed by atoms with Gasteiger partial charge in [0.05, 0.1) is 5.92 Å². The first-order valence-corrected chi connectivity index (χ1v) is 10.7. The van der Waals surface area contributed by atoms with Gasteiger partial charge in [0.2, 0.25) is 16.9 Å². The van der Waals surface area contributed by atoms with Crippen LogP contribution in [0.5, 0.6) is 0 Å². The molecule has 3 aromatic rings. The van der Waals surface area contributed by atoms with Crippen LogP contribution in [0.3, 0.4) is 0 Å². The van der Waals surface area contributed by atoms with E-state index in [2.05, 4.69) is 20.5 Å². The number of aromatic nitrogens is 3. The quantitative estimate of drug-likeness (QED) is 0.548. The molecule has 32 heavy (non-hydrogen) atoms. The predicted molar refractivity (Wildman–Crippen MR) is 119 cm³/mol. The Hall–Kier alpha value is -3.66. The van der Waals surface area contributed by atoms with Crippen molar-refractivity contribution < 1.29 is 19.5 Å². The van der Waals surface area contributed by atoms with Gasteiger partial charge >= 0.3 is 0 Å². The van der Waals surface area contributed by atoms with Gasteiger partial charge in [0.1, 0.15) is 5.01 Å². The van der Waals surface area contributed by atoms with Crippen molar-refractivity contribution in [2.24, 2.45) is 5.92 Å². The van der Waals surface area contributed by atoms with Crippen molar-refractivity contribution in [2.75, 3.05) is 11.4 Å². The average Bonchev–Trinajstić information content (AvgIpc) is 3.40. The zero-order chi connectivity index (χ0) is 22.9. The summed E-state index contributed by atoms with van der Waals surface area (Å²) in [6.45, 7) is 2.47. The van der Waals surface area contributed by atoms with Crippen molar-refractivity contribution in [1.29, 1.82) is 0 Å². The molecular formula is C22H23N5O4S. The van der Waals surface area contributed by atoms with Crippen molar-refractivity contribution in [3.8, 4) is 0 Å². The van der Waals surface area contributed by atoms with Crippen LogP contribution in [0, 0.1) is 12.8 Å². The zero-order valence-electron chi connectivity index (χ0n) is 17.5. The lowest BCUT2D eigenvalue weighted by Gasteiger charge is -2.13. The first-order chi connectivity index (χ1) is 15.5. The monoisotopic (exact) mass is 453 g/mol. The van der Waals surface area contributed by atoms with Crippen LogP contribution in [0.25, 0.3) is 0 Å². The molecule has 1 saturated heterocycles. The van der Waals surface area contributed by atoms with E-state index in [0.717, 1.165) is 21.7 Å². The number of pyridine rings is 1. The van der Waals surface area contributed by atoms with Gasteiger partial charge in [-0.2, -0.15) is 0 Å². The Bertz CT molecular complexity index is 1070. The Balaban J connectivity index is 0.000000913. The van der Waals surface area contributed by atoms with Gasteiger partial charge in [0, 0.05) is 38.3 Å². The lowest BCUT2D eigenvalue weighted by Crippen LogP contribution is -2.32. The van der Waals surface area contributed by atoms with Gasteiger partial charge in [-0.25, -0.2) is 0 Å². The highest BCUT2D eigenvalue weighted by Crippen LogP contribution is 2.29. The number of carboxylic acid groups (broad SMARTS) is 1. The van der Waals surface area contributed by atoms with Crippen molar-refractivity contribution in [3.63, 3.8) is 0 Å². The minimum absolute atomic E-state index is 0.0901. The fourth-order valence-corrected chi connectivity index (χ4v) is 4.19. The average molecular weight is 454 g/mol. The molecule has 1 aliphatic heterocycles. The molecule has 2 amide bonds. The number of carbonyl (C=O) groups is 3. The first-order valence-electron chi connectivity index (χ1n) is 9.93. The van der Waals surface area contributed by atoms with Crippen LogP contribution >= 0.6 is 11.3 Å². The Morgan fingerprint density at radius 3 is 2.75 bits per heavy atom. The summed E-state index contributed by atoms with van der Waals surface area (Å²) in [5, 5.41) is 19.6. The van der Waals surface area contributed by atoms with E-state index < -0.39 is 0 Å². The Labute approximate surface area is 189 Å². The molecule has 3 heterocycles. The van der Waals surface area contributed by atoms with Crippen LogP contribution in [-0.2, 0) is 27.3 Å². The van der Waals surface area contributed by atoms with E-state index in [1.54, 1.807) is 17.3 Å². The number of hydrogen-bond acceptors (Lipinski definition) is 7. The van der Waals surface area contributed by atoms with E-state index in [-0.39, 0.29) is 30.6 Å². The lowest BCUT2D eigenvalue weighted by molar-refractivity contribution is -0.126. The van der Waals surface area contributed by atoms with Gasteiger partial charge < -0.3 is 10.4 Å². The summed E-state index contributed by atoms with van der Waals surface area (Å²) in [6.07, 6.45) is 4.34. The molecule has 166 valence electrons. The van der Waals surface area contributed by atoms with Crippen molar-refractivity contribution in [1.82, 2.24) is 20.5 Å².